The highest BCUT2D eigenvalue weighted by Crippen LogP contribution is 2.20. The smallest absolute Gasteiger partial charge is 0.0441 e. The summed E-state index contributed by atoms with van der Waals surface area (Å²) in [6.07, 6.45) is 7.54. The minimum atomic E-state index is 0.967. The summed E-state index contributed by atoms with van der Waals surface area (Å²) in [5.41, 5.74) is 5.39. The fraction of sp³-hybridized carbons (Fsp3) is 0.158. The lowest BCUT2D eigenvalue weighted by Crippen LogP contribution is -2.22. The minimum absolute atomic E-state index is 0.967. The van der Waals surface area contributed by atoms with E-state index in [4.69, 9.17) is 0 Å². The van der Waals surface area contributed by atoms with E-state index in [2.05, 4.69) is 84.8 Å². The number of aryl methyl sites for hydroxylation is 1. The van der Waals surface area contributed by atoms with Crippen molar-refractivity contribution in [2.45, 2.75) is 13.3 Å². The summed E-state index contributed by atoms with van der Waals surface area (Å²) in [7, 11) is 0. The molecule has 0 aliphatic carbocycles. The van der Waals surface area contributed by atoms with Gasteiger partial charge in [-0.1, -0.05) is 54.1 Å². The number of rotatable bonds is 3. The number of benzene rings is 2. The van der Waals surface area contributed by atoms with Gasteiger partial charge in [-0.15, -0.1) is 0 Å². The average molecular weight is 261 g/mol. The second-order valence-electron chi connectivity index (χ2n) is 5.29. The van der Waals surface area contributed by atoms with Crippen molar-refractivity contribution < 1.29 is 0 Å². The monoisotopic (exact) mass is 261 g/mol. The van der Waals surface area contributed by atoms with Crippen molar-refractivity contribution in [1.29, 1.82) is 0 Å². The molecule has 1 heterocycles. The van der Waals surface area contributed by atoms with Crippen LogP contribution < -0.4 is 4.90 Å². The van der Waals surface area contributed by atoms with Crippen molar-refractivity contribution in [3.8, 4) is 0 Å². The Balaban J connectivity index is 1.71. The molecule has 0 radical (unpaired) electrons. The molecule has 0 aromatic heterocycles. The number of allylic oxidation sites excluding steroid dienone is 2. The van der Waals surface area contributed by atoms with E-state index in [1.54, 1.807) is 0 Å². The van der Waals surface area contributed by atoms with Gasteiger partial charge < -0.3 is 4.90 Å². The van der Waals surface area contributed by atoms with Crippen LogP contribution in [0.4, 0.5) is 5.69 Å². The maximum absolute atomic E-state index is 2.30. The van der Waals surface area contributed by atoms with Crippen molar-refractivity contribution in [2.24, 2.45) is 0 Å². The van der Waals surface area contributed by atoms with Crippen LogP contribution in [0.15, 0.2) is 78.5 Å². The maximum atomic E-state index is 2.30. The first-order valence-electron chi connectivity index (χ1n) is 7.05. The highest BCUT2D eigenvalue weighted by molar-refractivity contribution is 5.52. The molecule has 1 nitrogen and oxygen atoms in total. The van der Waals surface area contributed by atoms with Crippen LogP contribution in [-0.4, -0.2) is 6.54 Å². The van der Waals surface area contributed by atoms with E-state index in [0.29, 0.717) is 0 Å². The lowest BCUT2D eigenvalue weighted by atomic mass is 10.0. The van der Waals surface area contributed by atoms with E-state index in [1.165, 1.54) is 22.4 Å². The Bertz CT molecular complexity index is 621. The molecule has 0 spiro atoms. The molecule has 1 heteroatoms. The number of para-hydroxylation sites is 1. The van der Waals surface area contributed by atoms with Crippen molar-refractivity contribution in [3.63, 3.8) is 0 Å². The zero-order valence-corrected chi connectivity index (χ0v) is 11.8. The summed E-state index contributed by atoms with van der Waals surface area (Å²) in [6.45, 7) is 3.10. The van der Waals surface area contributed by atoms with Crippen molar-refractivity contribution in [3.05, 3.63) is 89.6 Å². The second kappa shape index (κ2) is 5.79. The van der Waals surface area contributed by atoms with Crippen molar-refractivity contribution >= 4 is 5.69 Å². The fourth-order valence-corrected chi connectivity index (χ4v) is 2.49. The van der Waals surface area contributed by atoms with Crippen LogP contribution in [-0.2, 0) is 6.42 Å². The molecule has 3 rings (SSSR count). The molecule has 0 atom stereocenters. The topological polar surface area (TPSA) is 3.24 Å². The van der Waals surface area contributed by atoms with Gasteiger partial charge in [-0.25, -0.2) is 0 Å². The molecule has 0 fully saturated rings. The van der Waals surface area contributed by atoms with E-state index < -0.39 is 0 Å². The average Bonchev–Trinajstić information content (AvgIpc) is 2.51. The predicted octanol–water partition coefficient (Wildman–Crippen LogP) is 4.50. The molecular formula is C19H19N. The van der Waals surface area contributed by atoms with Gasteiger partial charge in [0.15, 0.2) is 0 Å². The molecule has 0 unspecified atom stereocenters. The third-order valence-electron chi connectivity index (χ3n) is 3.61. The highest BCUT2D eigenvalue weighted by Gasteiger charge is 2.09. The van der Waals surface area contributed by atoms with Crippen LogP contribution in [0.2, 0.25) is 0 Å². The van der Waals surface area contributed by atoms with Gasteiger partial charge in [-0.3, -0.25) is 0 Å². The summed E-state index contributed by atoms with van der Waals surface area (Å²) in [5, 5.41) is 0. The molecular weight excluding hydrogens is 242 g/mol. The summed E-state index contributed by atoms with van der Waals surface area (Å²) < 4.78 is 0. The van der Waals surface area contributed by atoms with Gasteiger partial charge in [-0.2, -0.15) is 0 Å². The van der Waals surface area contributed by atoms with E-state index in [1.807, 2.05) is 0 Å². The van der Waals surface area contributed by atoms with E-state index in [-0.39, 0.29) is 0 Å². The zero-order chi connectivity index (χ0) is 13.8. The first-order valence-corrected chi connectivity index (χ1v) is 7.05. The van der Waals surface area contributed by atoms with Gasteiger partial charge in [0.25, 0.3) is 0 Å². The van der Waals surface area contributed by atoms with E-state index >= 15 is 0 Å². The molecule has 0 bridgehead atoms. The molecule has 1 aliphatic heterocycles. The second-order valence-corrected chi connectivity index (χ2v) is 5.29. The Morgan fingerprint density at radius 2 is 1.70 bits per heavy atom. The number of hydrogen-bond donors (Lipinski definition) is 0. The Morgan fingerprint density at radius 3 is 2.45 bits per heavy atom. The first kappa shape index (κ1) is 12.7. The molecule has 1 aliphatic rings. The Labute approximate surface area is 120 Å². The lowest BCUT2D eigenvalue weighted by molar-refractivity contribution is 0.959. The van der Waals surface area contributed by atoms with Gasteiger partial charge >= 0.3 is 0 Å². The predicted molar refractivity (Wildman–Crippen MR) is 85.9 cm³/mol. The third kappa shape index (κ3) is 3.00. The third-order valence-corrected chi connectivity index (χ3v) is 3.61. The largest absolute Gasteiger partial charge is 0.344 e. The molecule has 100 valence electrons. The quantitative estimate of drug-likeness (QED) is 0.786. The van der Waals surface area contributed by atoms with Crippen molar-refractivity contribution in [2.75, 3.05) is 11.4 Å². The molecule has 0 saturated carbocycles. The maximum Gasteiger partial charge on any atom is 0.0441 e. The molecule has 2 aromatic carbocycles. The van der Waals surface area contributed by atoms with Gasteiger partial charge in [0.2, 0.25) is 0 Å². The van der Waals surface area contributed by atoms with Crippen LogP contribution in [0.1, 0.15) is 11.1 Å². The van der Waals surface area contributed by atoms with E-state index in [9.17, 15) is 0 Å². The van der Waals surface area contributed by atoms with Crippen molar-refractivity contribution in [1.82, 2.24) is 0 Å². The number of hydrogen-bond acceptors (Lipinski definition) is 1. The van der Waals surface area contributed by atoms with Crippen LogP contribution in [0.25, 0.3) is 0 Å². The molecule has 2 aromatic rings. The van der Waals surface area contributed by atoms with Gasteiger partial charge in [0.1, 0.15) is 0 Å². The minimum Gasteiger partial charge on any atom is -0.344 e. The van der Waals surface area contributed by atoms with Gasteiger partial charge in [0.05, 0.1) is 0 Å². The first-order chi connectivity index (χ1) is 9.81. The zero-order valence-electron chi connectivity index (χ0n) is 11.8. The molecule has 0 saturated heterocycles. The van der Waals surface area contributed by atoms with Gasteiger partial charge in [-0.05, 0) is 42.7 Å². The Morgan fingerprint density at radius 1 is 0.950 bits per heavy atom. The summed E-state index contributed by atoms with van der Waals surface area (Å²) >= 11 is 0. The highest BCUT2D eigenvalue weighted by atomic mass is 15.1. The SMILES string of the molecule is Cc1ccc(CC2=CC=CN(c3ccccc3)C2)cc1. The number of nitrogens with zero attached hydrogens (tertiary/aromatic N) is 1. The normalized spacial score (nSPS) is 14.2. The summed E-state index contributed by atoms with van der Waals surface area (Å²) in [5.74, 6) is 0. The summed E-state index contributed by atoms with van der Waals surface area (Å²) in [4.78, 5) is 2.30. The number of anilines is 1. The van der Waals surface area contributed by atoms with Crippen LogP contribution in [0.5, 0.6) is 0 Å². The molecule has 0 amide bonds. The van der Waals surface area contributed by atoms with Gasteiger partial charge in [0, 0.05) is 18.4 Å². The Kier molecular flexibility index (Phi) is 3.69. The summed E-state index contributed by atoms with van der Waals surface area (Å²) in [6, 6.07) is 19.3. The molecule has 20 heavy (non-hydrogen) atoms. The molecule has 0 N–H and O–H groups in total. The van der Waals surface area contributed by atoms with E-state index in [0.717, 1.165) is 13.0 Å². The van der Waals surface area contributed by atoms with Crippen LogP contribution >= 0.6 is 0 Å². The van der Waals surface area contributed by atoms with Crippen LogP contribution in [0, 0.1) is 6.92 Å². The standard InChI is InChI=1S/C19H19N/c1-16-9-11-17(12-10-16)14-18-6-5-13-20(15-18)19-7-3-2-4-8-19/h2-13H,14-15H2,1H3. The fourth-order valence-electron chi connectivity index (χ4n) is 2.49. The van der Waals surface area contributed by atoms with Crippen LogP contribution in [0.3, 0.4) is 0 Å². The Hall–Kier alpha value is -2.28. The lowest BCUT2D eigenvalue weighted by Gasteiger charge is -2.25.